The molecule has 1 aromatic heterocycles. The number of fused-ring (bicyclic) bond motifs is 1. The van der Waals surface area contributed by atoms with Crippen LogP contribution in [0.4, 0.5) is 4.39 Å². The highest BCUT2D eigenvalue weighted by atomic mass is 19.1. The highest BCUT2D eigenvalue weighted by molar-refractivity contribution is 5.79. The summed E-state index contributed by atoms with van der Waals surface area (Å²) in [5.74, 6) is 0.297. The fourth-order valence-electron chi connectivity index (χ4n) is 3.28. The predicted octanol–water partition coefficient (Wildman–Crippen LogP) is 3.23. The number of hydrogen-bond acceptors (Lipinski definition) is 2. The van der Waals surface area contributed by atoms with Gasteiger partial charge in [0.15, 0.2) is 0 Å². The maximum atomic E-state index is 14.1. The van der Waals surface area contributed by atoms with Gasteiger partial charge in [-0.25, -0.2) is 4.39 Å². The highest BCUT2D eigenvalue weighted by Gasteiger charge is 2.27. The number of nitrogens with zero attached hydrogens (tertiary/aromatic N) is 2. The van der Waals surface area contributed by atoms with Crippen LogP contribution in [0, 0.1) is 5.82 Å². The van der Waals surface area contributed by atoms with Crippen LogP contribution in [0.2, 0.25) is 0 Å². The zero-order chi connectivity index (χ0) is 15.8. The van der Waals surface area contributed by atoms with Crippen LogP contribution in [0.5, 0.6) is 0 Å². The molecule has 118 valence electrons. The molecule has 1 amide bonds. The van der Waals surface area contributed by atoms with Crippen LogP contribution in [0.15, 0.2) is 36.7 Å². The molecule has 0 bridgehead atoms. The number of hydrogen-bond donors (Lipinski definition) is 0. The molecular formula is C19H19FN2O. The summed E-state index contributed by atoms with van der Waals surface area (Å²) in [6.07, 6.45) is 6.91. The Morgan fingerprint density at radius 3 is 2.91 bits per heavy atom. The summed E-state index contributed by atoms with van der Waals surface area (Å²) in [5, 5.41) is 0. The second kappa shape index (κ2) is 5.76. The minimum Gasteiger partial charge on any atom is -0.338 e. The molecule has 0 spiro atoms. The van der Waals surface area contributed by atoms with Gasteiger partial charge in [-0.2, -0.15) is 0 Å². The van der Waals surface area contributed by atoms with Gasteiger partial charge in [0.2, 0.25) is 5.91 Å². The van der Waals surface area contributed by atoms with Crippen LogP contribution in [-0.2, 0) is 24.2 Å². The van der Waals surface area contributed by atoms with Gasteiger partial charge in [0, 0.05) is 25.5 Å². The van der Waals surface area contributed by atoms with Crippen LogP contribution in [0.3, 0.4) is 0 Å². The Balaban J connectivity index is 1.45. The maximum Gasteiger partial charge on any atom is 0.227 e. The fraction of sp³-hybridized carbons (Fsp3) is 0.368. The standard InChI is InChI=1S/C19H19FN2O/c20-18-9-13(1-4-17(18)14-2-3-14)10-19(23)22-8-6-15-11-21-7-5-16(15)12-22/h1,4-5,7,9,11,14H,2-3,6,8,10,12H2. The molecule has 1 aliphatic carbocycles. The molecule has 0 atom stereocenters. The van der Waals surface area contributed by atoms with Crippen molar-refractivity contribution in [2.75, 3.05) is 6.54 Å². The second-order valence-electron chi connectivity index (χ2n) is 6.52. The Hall–Kier alpha value is -2.23. The Morgan fingerprint density at radius 2 is 2.13 bits per heavy atom. The normalized spacial score (nSPS) is 17.0. The number of benzene rings is 1. The van der Waals surface area contributed by atoms with E-state index in [0.717, 1.165) is 36.0 Å². The van der Waals surface area contributed by atoms with Gasteiger partial charge in [-0.05, 0) is 59.6 Å². The lowest BCUT2D eigenvalue weighted by Gasteiger charge is -2.28. The Morgan fingerprint density at radius 1 is 1.26 bits per heavy atom. The molecule has 1 saturated carbocycles. The summed E-state index contributed by atoms with van der Waals surface area (Å²) < 4.78 is 14.1. The zero-order valence-corrected chi connectivity index (χ0v) is 13.0. The Bertz CT molecular complexity index is 755. The van der Waals surface area contributed by atoms with Crippen molar-refractivity contribution in [3.8, 4) is 0 Å². The molecule has 23 heavy (non-hydrogen) atoms. The number of carbonyl (C=O) groups excluding carboxylic acids is 1. The van der Waals surface area contributed by atoms with Gasteiger partial charge in [-0.3, -0.25) is 9.78 Å². The summed E-state index contributed by atoms with van der Waals surface area (Å²) in [6, 6.07) is 7.26. The smallest absolute Gasteiger partial charge is 0.227 e. The monoisotopic (exact) mass is 310 g/mol. The highest BCUT2D eigenvalue weighted by Crippen LogP contribution is 2.41. The van der Waals surface area contributed by atoms with Gasteiger partial charge < -0.3 is 4.90 Å². The first kappa shape index (κ1) is 14.4. The molecule has 0 N–H and O–H groups in total. The van der Waals surface area contributed by atoms with Crippen LogP contribution in [-0.4, -0.2) is 22.3 Å². The number of rotatable bonds is 3. The summed E-state index contributed by atoms with van der Waals surface area (Å²) in [4.78, 5) is 18.5. The van der Waals surface area contributed by atoms with Gasteiger partial charge in [0.25, 0.3) is 0 Å². The summed E-state index contributed by atoms with van der Waals surface area (Å²) in [6.45, 7) is 1.33. The molecule has 3 nitrogen and oxygen atoms in total. The lowest BCUT2D eigenvalue weighted by molar-refractivity contribution is -0.131. The molecule has 1 aliphatic heterocycles. The molecule has 2 aliphatic rings. The lowest BCUT2D eigenvalue weighted by atomic mass is 10.0. The van der Waals surface area contributed by atoms with E-state index in [2.05, 4.69) is 4.98 Å². The van der Waals surface area contributed by atoms with E-state index in [1.165, 1.54) is 11.6 Å². The maximum absolute atomic E-state index is 14.1. The SMILES string of the molecule is O=C(Cc1ccc(C2CC2)c(F)c1)N1CCc2cnccc2C1. The Labute approximate surface area is 135 Å². The minimum absolute atomic E-state index is 0.0611. The molecule has 1 aromatic carbocycles. The van der Waals surface area contributed by atoms with E-state index < -0.39 is 0 Å². The van der Waals surface area contributed by atoms with Crippen molar-refractivity contribution >= 4 is 5.91 Å². The average molecular weight is 310 g/mol. The van der Waals surface area contributed by atoms with E-state index in [9.17, 15) is 9.18 Å². The van der Waals surface area contributed by atoms with Gasteiger partial charge in [-0.1, -0.05) is 12.1 Å². The van der Waals surface area contributed by atoms with E-state index in [1.54, 1.807) is 6.20 Å². The van der Waals surface area contributed by atoms with Gasteiger partial charge in [0.05, 0.1) is 6.42 Å². The number of amides is 1. The van der Waals surface area contributed by atoms with Crippen molar-refractivity contribution < 1.29 is 9.18 Å². The van der Waals surface area contributed by atoms with Crippen LogP contribution >= 0.6 is 0 Å². The third-order valence-corrected chi connectivity index (χ3v) is 4.81. The third-order valence-electron chi connectivity index (χ3n) is 4.81. The zero-order valence-electron chi connectivity index (χ0n) is 13.0. The van der Waals surface area contributed by atoms with Crippen LogP contribution in [0.25, 0.3) is 0 Å². The van der Waals surface area contributed by atoms with Crippen molar-refractivity contribution in [3.05, 3.63) is 64.7 Å². The topological polar surface area (TPSA) is 33.2 Å². The van der Waals surface area contributed by atoms with Crippen molar-refractivity contribution in [2.45, 2.75) is 38.1 Å². The predicted molar refractivity (Wildman–Crippen MR) is 85.4 cm³/mol. The molecule has 0 radical (unpaired) electrons. The first-order chi connectivity index (χ1) is 11.2. The van der Waals surface area contributed by atoms with Gasteiger partial charge >= 0.3 is 0 Å². The third kappa shape index (κ3) is 2.98. The van der Waals surface area contributed by atoms with E-state index >= 15 is 0 Å². The molecule has 0 saturated heterocycles. The molecule has 4 heteroatoms. The molecule has 2 heterocycles. The van der Waals surface area contributed by atoms with Crippen molar-refractivity contribution in [1.29, 1.82) is 0 Å². The van der Waals surface area contributed by atoms with Gasteiger partial charge in [0.1, 0.15) is 5.82 Å². The van der Waals surface area contributed by atoms with E-state index in [-0.39, 0.29) is 18.1 Å². The van der Waals surface area contributed by atoms with E-state index in [1.807, 2.05) is 29.3 Å². The fourth-order valence-corrected chi connectivity index (χ4v) is 3.28. The quantitative estimate of drug-likeness (QED) is 0.872. The first-order valence-corrected chi connectivity index (χ1v) is 8.18. The summed E-state index contributed by atoms with van der Waals surface area (Å²) >= 11 is 0. The van der Waals surface area contributed by atoms with Gasteiger partial charge in [-0.15, -0.1) is 0 Å². The van der Waals surface area contributed by atoms with Crippen molar-refractivity contribution in [3.63, 3.8) is 0 Å². The summed E-state index contributed by atoms with van der Waals surface area (Å²) in [5.41, 5.74) is 3.95. The molecule has 4 rings (SSSR count). The average Bonchev–Trinajstić information content (AvgIpc) is 3.39. The van der Waals surface area contributed by atoms with Crippen LogP contribution in [0.1, 0.15) is 41.0 Å². The van der Waals surface area contributed by atoms with Crippen LogP contribution < -0.4 is 0 Å². The lowest BCUT2D eigenvalue weighted by Crippen LogP contribution is -2.37. The molecule has 1 fully saturated rings. The number of pyridine rings is 1. The number of aromatic nitrogens is 1. The Kier molecular flexibility index (Phi) is 3.60. The molecule has 0 unspecified atom stereocenters. The van der Waals surface area contributed by atoms with Crippen molar-refractivity contribution in [1.82, 2.24) is 9.88 Å². The van der Waals surface area contributed by atoms with E-state index in [4.69, 9.17) is 0 Å². The second-order valence-corrected chi connectivity index (χ2v) is 6.52. The van der Waals surface area contributed by atoms with E-state index in [0.29, 0.717) is 19.0 Å². The number of carbonyl (C=O) groups is 1. The molecule has 2 aromatic rings. The number of halogens is 1. The summed E-state index contributed by atoms with van der Waals surface area (Å²) in [7, 11) is 0. The van der Waals surface area contributed by atoms with Crippen molar-refractivity contribution in [2.24, 2.45) is 0 Å². The first-order valence-electron chi connectivity index (χ1n) is 8.18. The molecular weight excluding hydrogens is 291 g/mol. The largest absolute Gasteiger partial charge is 0.338 e. The minimum atomic E-state index is -0.159.